The minimum Gasteiger partial charge on any atom is -0.481 e. The third-order valence-electron chi connectivity index (χ3n) is 4.04. The number of amides is 1. The summed E-state index contributed by atoms with van der Waals surface area (Å²) in [6, 6.07) is 0. The number of likely N-dealkylation sites (tertiary alicyclic amines) is 1. The molecule has 1 aliphatic rings. The summed E-state index contributed by atoms with van der Waals surface area (Å²) >= 11 is 0. The Morgan fingerprint density at radius 1 is 1.37 bits per heavy atom. The molecule has 0 aromatic heterocycles. The Hall–Kier alpha value is -1.10. The van der Waals surface area contributed by atoms with Crippen LogP contribution in [0.15, 0.2) is 0 Å². The van der Waals surface area contributed by atoms with Crippen LogP contribution in [-0.4, -0.2) is 41.5 Å². The summed E-state index contributed by atoms with van der Waals surface area (Å²) in [5, 5.41) is 8.85. The average Bonchev–Trinajstić information content (AvgIpc) is 2.37. The Balaban J connectivity index is 2.49. The van der Waals surface area contributed by atoms with Gasteiger partial charge in [0.2, 0.25) is 5.91 Å². The fraction of sp³-hybridized carbons (Fsp3) is 0.857. The molecule has 3 N–H and O–H groups in total. The van der Waals surface area contributed by atoms with Gasteiger partial charge in [-0.25, -0.2) is 0 Å². The first-order valence-corrected chi connectivity index (χ1v) is 7.13. The summed E-state index contributed by atoms with van der Waals surface area (Å²) in [6.07, 6.45) is 2.67. The molecule has 0 aliphatic carbocycles. The largest absolute Gasteiger partial charge is 0.481 e. The molecule has 3 atom stereocenters. The number of hydrogen-bond acceptors (Lipinski definition) is 3. The standard InChI is InChI=1S/C14H26N2O3/c1-10(8-15)6-13(17)16-5-3-4-12(9-16)11(2)7-14(18)19/h10-12H,3-9,15H2,1-2H3,(H,18,19). The van der Waals surface area contributed by atoms with E-state index in [1.165, 1.54) is 0 Å². The lowest BCUT2D eigenvalue weighted by Gasteiger charge is -2.36. The number of carbonyl (C=O) groups is 2. The molecule has 19 heavy (non-hydrogen) atoms. The Morgan fingerprint density at radius 2 is 2.05 bits per heavy atom. The van der Waals surface area contributed by atoms with E-state index < -0.39 is 5.97 Å². The summed E-state index contributed by atoms with van der Waals surface area (Å²) in [4.78, 5) is 24.8. The molecule has 3 unspecified atom stereocenters. The number of carbonyl (C=O) groups excluding carboxylic acids is 1. The van der Waals surface area contributed by atoms with Crippen LogP contribution in [0.25, 0.3) is 0 Å². The number of carboxylic acid groups (broad SMARTS) is 1. The second kappa shape index (κ2) is 7.48. The molecular formula is C14H26N2O3. The van der Waals surface area contributed by atoms with E-state index in [0.29, 0.717) is 25.4 Å². The van der Waals surface area contributed by atoms with Crippen LogP contribution in [0.2, 0.25) is 0 Å². The molecule has 1 rings (SSSR count). The van der Waals surface area contributed by atoms with Crippen molar-refractivity contribution >= 4 is 11.9 Å². The van der Waals surface area contributed by atoms with Crippen molar-refractivity contribution in [3.05, 3.63) is 0 Å². The first-order chi connectivity index (χ1) is 8.93. The summed E-state index contributed by atoms with van der Waals surface area (Å²) in [6.45, 7) is 5.97. The highest BCUT2D eigenvalue weighted by Crippen LogP contribution is 2.26. The van der Waals surface area contributed by atoms with Crippen molar-refractivity contribution in [1.82, 2.24) is 4.90 Å². The van der Waals surface area contributed by atoms with Crippen molar-refractivity contribution < 1.29 is 14.7 Å². The Bertz CT molecular complexity index is 320. The van der Waals surface area contributed by atoms with E-state index in [1.807, 2.05) is 18.7 Å². The maximum atomic E-state index is 12.1. The lowest BCUT2D eigenvalue weighted by atomic mass is 9.84. The van der Waals surface area contributed by atoms with E-state index in [0.717, 1.165) is 19.4 Å². The normalized spacial score (nSPS) is 22.9. The molecule has 0 spiro atoms. The zero-order valence-corrected chi connectivity index (χ0v) is 12.0. The molecule has 1 fully saturated rings. The minimum atomic E-state index is -0.757. The fourth-order valence-electron chi connectivity index (χ4n) is 2.65. The van der Waals surface area contributed by atoms with Gasteiger partial charge < -0.3 is 15.7 Å². The number of piperidine rings is 1. The molecule has 0 bridgehead atoms. The predicted molar refractivity (Wildman–Crippen MR) is 73.6 cm³/mol. The molecule has 5 nitrogen and oxygen atoms in total. The van der Waals surface area contributed by atoms with E-state index in [2.05, 4.69) is 0 Å². The minimum absolute atomic E-state index is 0.125. The molecule has 1 heterocycles. The maximum Gasteiger partial charge on any atom is 0.303 e. The first kappa shape index (κ1) is 16.0. The predicted octanol–water partition coefficient (Wildman–Crippen LogP) is 1.32. The molecule has 1 saturated heterocycles. The van der Waals surface area contributed by atoms with E-state index in [1.54, 1.807) is 0 Å². The van der Waals surface area contributed by atoms with Gasteiger partial charge in [-0.2, -0.15) is 0 Å². The number of nitrogens with zero attached hydrogens (tertiary/aromatic N) is 1. The number of rotatable bonds is 6. The third-order valence-corrected chi connectivity index (χ3v) is 4.04. The van der Waals surface area contributed by atoms with Crippen molar-refractivity contribution in [1.29, 1.82) is 0 Å². The van der Waals surface area contributed by atoms with Crippen LogP contribution in [0.4, 0.5) is 0 Å². The SMILES string of the molecule is CC(CN)CC(=O)N1CCCC(C(C)CC(=O)O)C1. The quantitative estimate of drug-likeness (QED) is 0.762. The topological polar surface area (TPSA) is 83.6 Å². The van der Waals surface area contributed by atoms with Crippen LogP contribution >= 0.6 is 0 Å². The second-order valence-electron chi connectivity index (χ2n) is 5.86. The molecule has 1 amide bonds. The molecular weight excluding hydrogens is 244 g/mol. The van der Waals surface area contributed by atoms with E-state index in [9.17, 15) is 9.59 Å². The van der Waals surface area contributed by atoms with Gasteiger partial charge in [0.25, 0.3) is 0 Å². The van der Waals surface area contributed by atoms with Gasteiger partial charge in [0.15, 0.2) is 0 Å². The van der Waals surface area contributed by atoms with Crippen molar-refractivity contribution in [2.75, 3.05) is 19.6 Å². The highest BCUT2D eigenvalue weighted by molar-refractivity contribution is 5.76. The second-order valence-corrected chi connectivity index (χ2v) is 5.86. The van der Waals surface area contributed by atoms with Gasteiger partial charge in [-0.15, -0.1) is 0 Å². The summed E-state index contributed by atoms with van der Waals surface area (Å²) in [5.74, 6) is 0.0456. The van der Waals surface area contributed by atoms with Crippen molar-refractivity contribution in [3.8, 4) is 0 Å². The van der Waals surface area contributed by atoms with Gasteiger partial charge >= 0.3 is 5.97 Å². The van der Waals surface area contributed by atoms with E-state index in [4.69, 9.17) is 10.8 Å². The lowest BCUT2D eigenvalue weighted by Crippen LogP contribution is -2.42. The highest BCUT2D eigenvalue weighted by atomic mass is 16.4. The number of carboxylic acids is 1. The molecule has 110 valence electrons. The van der Waals surface area contributed by atoms with Gasteiger partial charge in [0.1, 0.15) is 0 Å². The number of aliphatic carboxylic acids is 1. The number of hydrogen-bond donors (Lipinski definition) is 2. The smallest absolute Gasteiger partial charge is 0.303 e. The Kier molecular flexibility index (Phi) is 6.28. The van der Waals surface area contributed by atoms with E-state index in [-0.39, 0.29) is 24.2 Å². The van der Waals surface area contributed by atoms with Crippen molar-refractivity contribution in [3.63, 3.8) is 0 Å². The monoisotopic (exact) mass is 270 g/mol. The zero-order chi connectivity index (χ0) is 14.4. The summed E-state index contributed by atoms with van der Waals surface area (Å²) in [7, 11) is 0. The fourth-order valence-corrected chi connectivity index (χ4v) is 2.65. The molecule has 0 aromatic carbocycles. The van der Waals surface area contributed by atoms with Gasteiger partial charge in [0.05, 0.1) is 0 Å². The maximum absolute atomic E-state index is 12.1. The Morgan fingerprint density at radius 3 is 2.63 bits per heavy atom. The molecule has 0 radical (unpaired) electrons. The molecule has 0 saturated carbocycles. The van der Waals surface area contributed by atoms with Crippen LogP contribution in [0, 0.1) is 17.8 Å². The van der Waals surface area contributed by atoms with Gasteiger partial charge in [-0.05, 0) is 37.1 Å². The third kappa shape index (κ3) is 5.19. The average molecular weight is 270 g/mol. The summed E-state index contributed by atoms with van der Waals surface area (Å²) in [5.41, 5.74) is 5.54. The molecule has 1 aliphatic heterocycles. The van der Waals surface area contributed by atoms with Crippen molar-refractivity contribution in [2.45, 2.75) is 39.5 Å². The number of nitrogens with two attached hydrogens (primary N) is 1. The van der Waals surface area contributed by atoms with Crippen LogP contribution in [-0.2, 0) is 9.59 Å². The van der Waals surface area contributed by atoms with Gasteiger partial charge in [-0.1, -0.05) is 13.8 Å². The van der Waals surface area contributed by atoms with Gasteiger partial charge in [-0.3, -0.25) is 9.59 Å². The van der Waals surface area contributed by atoms with Crippen LogP contribution < -0.4 is 5.73 Å². The van der Waals surface area contributed by atoms with Crippen molar-refractivity contribution in [2.24, 2.45) is 23.5 Å². The highest BCUT2D eigenvalue weighted by Gasteiger charge is 2.28. The Labute approximate surface area is 115 Å². The zero-order valence-electron chi connectivity index (χ0n) is 12.0. The first-order valence-electron chi connectivity index (χ1n) is 7.13. The molecule has 0 aromatic rings. The summed E-state index contributed by atoms with van der Waals surface area (Å²) < 4.78 is 0. The van der Waals surface area contributed by atoms with E-state index >= 15 is 0 Å². The lowest BCUT2D eigenvalue weighted by molar-refractivity contribution is -0.138. The molecule has 5 heteroatoms. The van der Waals surface area contributed by atoms with Gasteiger partial charge in [0, 0.05) is 25.9 Å². The van der Waals surface area contributed by atoms with Crippen LogP contribution in [0.1, 0.15) is 39.5 Å². The van der Waals surface area contributed by atoms with Crippen LogP contribution in [0.5, 0.6) is 0 Å². The van der Waals surface area contributed by atoms with Crippen LogP contribution in [0.3, 0.4) is 0 Å².